The smallest absolute Gasteiger partial charge is 0.106 e. The summed E-state index contributed by atoms with van der Waals surface area (Å²) >= 11 is 3.33. The van der Waals surface area contributed by atoms with Gasteiger partial charge in [-0.2, -0.15) is 0 Å². The van der Waals surface area contributed by atoms with Crippen LogP contribution in [0.5, 0.6) is 0 Å². The highest BCUT2D eigenvalue weighted by molar-refractivity contribution is 9.10. The summed E-state index contributed by atoms with van der Waals surface area (Å²) in [7, 11) is 0. The third-order valence-electron chi connectivity index (χ3n) is 3.15. The van der Waals surface area contributed by atoms with Crippen molar-refractivity contribution in [1.82, 2.24) is 4.98 Å². The topological polar surface area (TPSA) is 34.2 Å². The molecule has 1 aliphatic heterocycles. The number of ether oxygens (including phenoxy) is 1. The Kier molecular flexibility index (Phi) is 3.82. The minimum absolute atomic E-state index is 0.353. The van der Waals surface area contributed by atoms with E-state index in [1.54, 1.807) is 0 Å². The molecule has 0 bridgehead atoms. The molecule has 1 aromatic heterocycles. The third kappa shape index (κ3) is 3.19. The van der Waals surface area contributed by atoms with Crippen LogP contribution in [0.4, 0.5) is 5.69 Å². The quantitative estimate of drug-likeness (QED) is 0.867. The minimum atomic E-state index is 0.353. The summed E-state index contributed by atoms with van der Waals surface area (Å²) in [5.41, 5.74) is 1.43. The lowest BCUT2D eigenvalue weighted by Gasteiger charge is -2.33. The largest absolute Gasteiger partial charge is 0.383 e. The van der Waals surface area contributed by atoms with Gasteiger partial charge in [0, 0.05) is 19.8 Å². The van der Waals surface area contributed by atoms with E-state index in [1.165, 1.54) is 0 Å². The number of rotatable bonds is 3. The average molecular weight is 285 g/mol. The standard InChI is InChI=1S/C12H17BrN2O/c1-12(4-6-16-7-5-12)9-15-10-2-3-11(13)14-8-10/h2-3,8,15H,4-7,9H2,1H3. The van der Waals surface area contributed by atoms with Crippen molar-refractivity contribution in [2.24, 2.45) is 5.41 Å². The molecule has 0 amide bonds. The first-order valence-electron chi connectivity index (χ1n) is 5.61. The Morgan fingerprint density at radius 2 is 2.19 bits per heavy atom. The van der Waals surface area contributed by atoms with E-state index in [0.717, 1.165) is 42.9 Å². The Morgan fingerprint density at radius 3 is 2.81 bits per heavy atom. The molecule has 4 heteroatoms. The van der Waals surface area contributed by atoms with Gasteiger partial charge in [-0.25, -0.2) is 4.98 Å². The van der Waals surface area contributed by atoms with Crippen LogP contribution in [0.15, 0.2) is 22.9 Å². The highest BCUT2D eigenvalue weighted by Gasteiger charge is 2.26. The van der Waals surface area contributed by atoms with E-state index in [9.17, 15) is 0 Å². The van der Waals surface area contributed by atoms with Crippen molar-refractivity contribution in [3.63, 3.8) is 0 Å². The lowest BCUT2D eigenvalue weighted by molar-refractivity contribution is 0.0300. The van der Waals surface area contributed by atoms with Crippen LogP contribution in [0.3, 0.4) is 0 Å². The normalized spacial score (nSPS) is 19.4. The second-order valence-corrected chi connectivity index (χ2v) is 5.46. The lowest BCUT2D eigenvalue weighted by atomic mass is 9.82. The summed E-state index contributed by atoms with van der Waals surface area (Å²) in [5.74, 6) is 0. The van der Waals surface area contributed by atoms with Gasteiger partial charge in [-0.1, -0.05) is 6.92 Å². The van der Waals surface area contributed by atoms with Crippen LogP contribution in [0.2, 0.25) is 0 Å². The highest BCUT2D eigenvalue weighted by Crippen LogP contribution is 2.29. The van der Waals surface area contributed by atoms with Crippen molar-refractivity contribution in [2.45, 2.75) is 19.8 Å². The van der Waals surface area contributed by atoms with Gasteiger partial charge in [-0.05, 0) is 46.3 Å². The maximum Gasteiger partial charge on any atom is 0.106 e. The third-order valence-corrected chi connectivity index (χ3v) is 3.62. The van der Waals surface area contributed by atoms with Gasteiger partial charge in [-0.15, -0.1) is 0 Å². The van der Waals surface area contributed by atoms with E-state index < -0.39 is 0 Å². The van der Waals surface area contributed by atoms with Crippen molar-refractivity contribution in [1.29, 1.82) is 0 Å². The van der Waals surface area contributed by atoms with Gasteiger partial charge >= 0.3 is 0 Å². The Morgan fingerprint density at radius 1 is 1.44 bits per heavy atom. The van der Waals surface area contributed by atoms with Gasteiger partial charge < -0.3 is 10.1 Å². The first-order chi connectivity index (χ1) is 7.68. The van der Waals surface area contributed by atoms with E-state index in [-0.39, 0.29) is 0 Å². The number of hydrogen-bond acceptors (Lipinski definition) is 3. The molecule has 0 unspecified atom stereocenters. The number of anilines is 1. The molecule has 0 spiro atoms. The highest BCUT2D eigenvalue weighted by atomic mass is 79.9. The molecule has 16 heavy (non-hydrogen) atoms. The first kappa shape index (κ1) is 11.9. The zero-order chi connectivity index (χ0) is 11.4. The maximum absolute atomic E-state index is 5.39. The second-order valence-electron chi connectivity index (χ2n) is 4.65. The Labute approximate surface area is 105 Å². The van der Waals surface area contributed by atoms with Gasteiger partial charge in [0.1, 0.15) is 4.60 Å². The molecule has 0 saturated carbocycles. The van der Waals surface area contributed by atoms with E-state index in [1.807, 2.05) is 18.3 Å². The maximum atomic E-state index is 5.39. The van der Waals surface area contributed by atoms with Gasteiger partial charge in [0.05, 0.1) is 11.9 Å². The fraction of sp³-hybridized carbons (Fsp3) is 0.583. The van der Waals surface area contributed by atoms with Crippen molar-refractivity contribution >= 4 is 21.6 Å². The molecule has 88 valence electrons. The number of nitrogens with zero attached hydrogens (tertiary/aromatic N) is 1. The van der Waals surface area contributed by atoms with Crippen molar-refractivity contribution in [3.8, 4) is 0 Å². The molecular formula is C12H17BrN2O. The van der Waals surface area contributed by atoms with Gasteiger partial charge in [0.25, 0.3) is 0 Å². The number of hydrogen-bond donors (Lipinski definition) is 1. The monoisotopic (exact) mass is 284 g/mol. The van der Waals surface area contributed by atoms with Crippen LogP contribution in [-0.4, -0.2) is 24.7 Å². The number of aromatic nitrogens is 1. The van der Waals surface area contributed by atoms with Crippen molar-refractivity contribution in [3.05, 3.63) is 22.9 Å². The fourth-order valence-corrected chi connectivity index (χ4v) is 2.07. The molecule has 0 radical (unpaired) electrons. The van der Waals surface area contributed by atoms with Crippen molar-refractivity contribution < 1.29 is 4.74 Å². The number of halogens is 1. The van der Waals surface area contributed by atoms with Crippen LogP contribution >= 0.6 is 15.9 Å². The summed E-state index contributed by atoms with van der Waals surface area (Å²) < 4.78 is 6.26. The van der Waals surface area contributed by atoms with E-state index in [2.05, 4.69) is 33.2 Å². The number of pyridine rings is 1. The molecule has 2 rings (SSSR count). The van der Waals surface area contributed by atoms with Crippen molar-refractivity contribution in [2.75, 3.05) is 25.1 Å². The van der Waals surface area contributed by atoms with E-state index in [4.69, 9.17) is 4.74 Å². The zero-order valence-corrected chi connectivity index (χ0v) is 11.1. The summed E-state index contributed by atoms with van der Waals surface area (Å²) in [6.45, 7) is 5.07. The lowest BCUT2D eigenvalue weighted by Crippen LogP contribution is -2.33. The van der Waals surface area contributed by atoms with Crippen LogP contribution in [0.25, 0.3) is 0 Å². The van der Waals surface area contributed by atoms with Gasteiger partial charge in [-0.3, -0.25) is 0 Å². The molecule has 1 N–H and O–H groups in total. The van der Waals surface area contributed by atoms with E-state index in [0.29, 0.717) is 5.41 Å². The molecule has 1 saturated heterocycles. The summed E-state index contributed by atoms with van der Waals surface area (Å²) in [6, 6.07) is 3.99. The van der Waals surface area contributed by atoms with Crippen LogP contribution in [0, 0.1) is 5.41 Å². The van der Waals surface area contributed by atoms with E-state index >= 15 is 0 Å². The van der Waals surface area contributed by atoms with Gasteiger partial charge in [0.15, 0.2) is 0 Å². The molecule has 3 nitrogen and oxygen atoms in total. The molecule has 1 aromatic rings. The van der Waals surface area contributed by atoms with Crippen LogP contribution in [0.1, 0.15) is 19.8 Å². The molecule has 0 aromatic carbocycles. The second kappa shape index (κ2) is 5.15. The number of nitrogens with one attached hydrogen (secondary N) is 1. The predicted molar refractivity (Wildman–Crippen MR) is 68.6 cm³/mol. The average Bonchev–Trinajstić information content (AvgIpc) is 2.29. The SMILES string of the molecule is CC1(CNc2ccc(Br)nc2)CCOCC1. The molecule has 1 fully saturated rings. The molecular weight excluding hydrogens is 268 g/mol. The molecule has 1 aliphatic rings. The zero-order valence-electron chi connectivity index (χ0n) is 9.50. The Bertz CT molecular complexity index is 333. The first-order valence-corrected chi connectivity index (χ1v) is 6.40. The van der Waals surface area contributed by atoms with Crippen LogP contribution < -0.4 is 5.32 Å². The van der Waals surface area contributed by atoms with Gasteiger partial charge in [0.2, 0.25) is 0 Å². The summed E-state index contributed by atoms with van der Waals surface area (Å²) in [4.78, 5) is 4.20. The summed E-state index contributed by atoms with van der Waals surface area (Å²) in [5, 5.41) is 3.44. The fourth-order valence-electron chi connectivity index (χ4n) is 1.84. The molecule has 0 atom stereocenters. The Hall–Kier alpha value is -0.610. The minimum Gasteiger partial charge on any atom is -0.383 e. The van der Waals surface area contributed by atoms with Crippen LogP contribution in [-0.2, 0) is 4.74 Å². The summed E-state index contributed by atoms with van der Waals surface area (Å²) in [6.07, 6.45) is 4.11. The molecule has 0 aliphatic carbocycles. The molecule has 2 heterocycles. The predicted octanol–water partition coefficient (Wildman–Crippen LogP) is 3.07. The Balaban J connectivity index is 1.88.